The summed E-state index contributed by atoms with van der Waals surface area (Å²) >= 11 is 2.03. The Kier molecular flexibility index (Phi) is 8.90. The van der Waals surface area contributed by atoms with Gasteiger partial charge in [0, 0.05) is 43.3 Å². The van der Waals surface area contributed by atoms with E-state index in [0.29, 0.717) is 5.92 Å². The Hall–Kier alpha value is -4.28. The molecule has 4 heteroatoms. The zero-order valence-corrected chi connectivity index (χ0v) is 40.4. The fraction of sp³-hybridized carbons (Fsp3) is 0.448. The highest BCUT2D eigenvalue weighted by Gasteiger charge is 2.53. The maximum absolute atomic E-state index is 2.73. The summed E-state index contributed by atoms with van der Waals surface area (Å²) in [6, 6.07) is 39.6. The van der Waals surface area contributed by atoms with Crippen molar-refractivity contribution in [3.8, 4) is 0 Å². The number of rotatable bonds is 3. The summed E-state index contributed by atoms with van der Waals surface area (Å²) in [6.45, 7) is 28.3. The molecule has 2 nitrogen and oxygen atoms in total. The molecule has 318 valence electrons. The zero-order valence-electron chi connectivity index (χ0n) is 39.5. The second-order valence-electron chi connectivity index (χ2n) is 24.3. The molecule has 4 unspecified atom stereocenters. The van der Waals surface area contributed by atoms with E-state index in [9.17, 15) is 0 Å². The van der Waals surface area contributed by atoms with Crippen molar-refractivity contribution < 1.29 is 0 Å². The predicted octanol–water partition coefficient (Wildman–Crippen LogP) is 14.7. The van der Waals surface area contributed by atoms with Crippen LogP contribution in [0.15, 0.2) is 97.1 Å². The molecule has 2 aliphatic heterocycles. The van der Waals surface area contributed by atoms with Gasteiger partial charge in [-0.25, -0.2) is 0 Å². The van der Waals surface area contributed by atoms with E-state index >= 15 is 0 Å². The number of fused-ring (bicyclic) bond motifs is 7. The van der Waals surface area contributed by atoms with Crippen LogP contribution in [-0.2, 0) is 21.7 Å². The Morgan fingerprint density at radius 2 is 1.06 bits per heavy atom. The van der Waals surface area contributed by atoms with Gasteiger partial charge >= 0.3 is 0 Å². The highest BCUT2D eigenvalue weighted by Crippen LogP contribution is 2.63. The van der Waals surface area contributed by atoms with Crippen LogP contribution in [0, 0.1) is 23.7 Å². The topological polar surface area (TPSA) is 6.48 Å². The van der Waals surface area contributed by atoms with Gasteiger partial charge in [0.05, 0.1) is 5.69 Å². The smallest absolute Gasteiger partial charge is 0.264 e. The van der Waals surface area contributed by atoms with Gasteiger partial charge in [-0.05, 0) is 177 Å². The maximum atomic E-state index is 2.73. The molecule has 0 saturated heterocycles. The Morgan fingerprint density at radius 3 is 1.68 bits per heavy atom. The molecule has 3 aliphatic carbocycles. The highest BCUT2D eigenvalue weighted by molar-refractivity contribution is 7.33. The van der Waals surface area contributed by atoms with Crippen LogP contribution in [0.5, 0.6) is 0 Å². The van der Waals surface area contributed by atoms with Gasteiger partial charge in [0.1, 0.15) is 0 Å². The molecule has 5 aliphatic rings. The minimum atomic E-state index is 0.0131. The number of thiophene rings is 1. The van der Waals surface area contributed by atoms with Crippen molar-refractivity contribution in [2.45, 2.75) is 143 Å². The number of hydrogen-bond donors (Lipinski definition) is 0. The lowest BCUT2D eigenvalue weighted by molar-refractivity contribution is 0.0734. The van der Waals surface area contributed by atoms with Crippen molar-refractivity contribution in [2.24, 2.45) is 23.7 Å². The minimum Gasteiger partial charge on any atom is -0.311 e. The number of hydrogen-bond acceptors (Lipinski definition) is 3. The minimum absolute atomic E-state index is 0.0131. The fourth-order valence-electron chi connectivity index (χ4n) is 12.6. The van der Waals surface area contributed by atoms with Gasteiger partial charge in [-0.2, -0.15) is 0 Å². The van der Waals surface area contributed by atoms with E-state index in [4.69, 9.17) is 0 Å². The second kappa shape index (κ2) is 13.6. The van der Waals surface area contributed by atoms with E-state index in [1.807, 2.05) is 11.3 Å². The molecule has 6 aromatic rings. The Morgan fingerprint density at radius 1 is 0.516 bits per heavy atom. The first-order valence-corrected chi connectivity index (χ1v) is 24.8. The molecule has 3 saturated carbocycles. The quantitative estimate of drug-likeness (QED) is 0.164. The van der Waals surface area contributed by atoms with E-state index in [2.05, 4.69) is 190 Å². The van der Waals surface area contributed by atoms with Crippen molar-refractivity contribution in [1.29, 1.82) is 0 Å². The third kappa shape index (κ3) is 6.30. The van der Waals surface area contributed by atoms with Crippen molar-refractivity contribution in [2.75, 3.05) is 9.80 Å². The molecule has 0 radical (unpaired) electrons. The Labute approximate surface area is 377 Å². The molecular formula is C58H67BN2S. The van der Waals surface area contributed by atoms with Gasteiger partial charge in [0.15, 0.2) is 0 Å². The lowest BCUT2D eigenvalue weighted by Gasteiger charge is -2.47. The first kappa shape index (κ1) is 40.5. The molecule has 2 bridgehead atoms. The van der Waals surface area contributed by atoms with Crippen LogP contribution in [-0.4, -0.2) is 6.71 Å². The van der Waals surface area contributed by atoms with Crippen molar-refractivity contribution in [3.63, 3.8) is 0 Å². The summed E-state index contributed by atoms with van der Waals surface area (Å²) in [5.74, 6) is 4.19. The molecular weight excluding hydrogens is 768 g/mol. The third-order valence-electron chi connectivity index (χ3n) is 16.2. The molecule has 5 atom stereocenters. The van der Waals surface area contributed by atoms with Crippen molar-refractivity contribution >= 4 is 78.0 Å². The molecule has 0 N–H and O–H groups in total. The number of benzene rings is 5. The van der Waals surface area contributed by atoms with Crippen LogP contribution in [0.3, 0.4) is 0 Å². The summed E-state index contributed by atoms with van der Waals surface area (Å²) in [5.41, 5.74) is 18.2. The van der Waals surface area contributed by atoms with Gasteiger partial charge in [-0.15, -0.1) is 11.3 Å². The van der Waals surface area contributed by atoms with Gasteiger partial charge in [-0.1, -0.05) is 126 Å². The Balaban J connectivity index is 1.24. The van der Waals surface area contributed by atoms with Crippen LogP contribution in [0.2, 0.25) is 0 Å². The Bertz CT molecular complexity index is 2750. The summed E-state index contributed by atoms with van der Waals surface area (Å²) in [7, 11) is 0. The maximum Gasteiger partial charge on any atom is 0.264 e. The van der Waals surface area contributed by atoms with Crippen LogP contribution < -0.4 is 25.5 Å². The molecule has 11 rings (SSSR count). The molecule has 5 aromatic carbocycles. The van der Waals surface area contributed by atoms with Crippen LogP contribution in [0.1, 0.15) is 149 Å². The van der Waals surface area contributed by atoms with E-state index in [0.717, 1.165) is 23.7 Å². The SMILES string of the molecule is CC(C)(C)c1ccc(N2c3cc(C(C)(C)C)ccc3B3c4sc5ccc(C(C)(C)C)cc5c4N(c4ccc(C(C)(C)C)cc4)c4cc([C@@H]5CCC6CC7CC5C7C6)cc2c43)cc1. The van der Waals surface area contributed by atoms with Gasteiger partial charge < -0.3 is 9.80 Å². The first-order chi connectivity index (χ1) is 29.2. The van der Waals surface area contributed by atoms with E-state index in [-0.39, 0.29) is 28.4 Å². The van der Waals surface area contributed by atoms with E-state index in [1.165, 1.54) is 114 Å². The van der Waals surface area contributed by atoms with Gasteiger partial charge in [0.2, 0.25) is 0 Å². The largest absolute Gasteiger partial charge is 0.311 e. The zero-order chi connectivity index (χ0) is 43.4. The average molecular weight is 835 g/mol. The van der Waals surface area contributed by atoms with Crippen LogP contribution >= 0.6 is 11.3 Å². The molecule has 3 fully saturated rings. The fourth-order valence-corrected chi connectivity index (χ4v) is 13.9. The van der Waals surface area contributed by atoms with Crippen LogP contribution in [0.25, 0.3) is 10.1 Å². The van der Waals surface area contributed by atoms with Crippen molar-refractivity contribution in [1.82, 2.24) is 0 Å². The highest BCUT2D eigenvalue weighted by atomic mass is 32.1. The van der Waals surface area contributed by atoms with Crippen LogP contribution in [0.4, 0.5) is 34.1 Å². The standard InChI is InChI=1S/C58H67BN2S/c1-55(2,3)37-14-20-41(21-15-37)60-48-33-40(58(10,11)12)18-25-47(48)59-52-49(60)30-36(43-24-13-34-27-35-29-45(43)44(35)28-34)31-50(52)61(42-22-16-38(17-23-42)56(4,5)6)53-46-32-39(57(7,8)9)19-26-51(46)62-54(53)59/h14-23,25-26,30-35,43-45H,13,24,27-29H2,1-12H3/t34?,35?,43-,44?,45?/m0/s1. The molecule has 0 amide bonds. The van der Waals surface area contributed by atoms with E-state index < -0.39 is 0 Å². The number of nitrogens with zero attached hydrogens (tertiary/aromatic N) is 2. The van der Waals surface area contributed by atoms with Gasteiger partial charge in [-0.3, -0.25) is 0 Å². The molecule has 3 heterocycles. The lowest BCUT2D eigenvalue weighted by Crippen LogP contribution is -2.60. The first-order valence-electron chi connectivity index (χ1n) is 23.9. The summed E-state index contributed by atoms with van der Waals surface area (Å²) < 4.78 is 2.84. The predicted molar refractivity (Wildman–Crippen MR) is 270 cm³/mol. The summed E-state index contributed by atoms with van der Waals surface area (Å²) in [6.07, 6.45) is 7.06. The van der Waals surface area contributed by atoms with Crippen molar-refractivity contribution in [3.05, 3.63) is 125 Å². The molecule has 62 heavy (non-hydrogen) atoms. The normalized spacial score (nSPS) is 22.9. The molecule has 1 aromatic heterocycles. The summed E-state index contributed by atoms with van der Waals surface area (Å²) in [5, 5.41) is 1.39. The summed E-state index contributed by atoms with van der Waals surface area (Å²) in [4.78, 5) is 5.42. The van der Waals surface area contributed by atoms with Gasteiger partial charge in [0.25, 0.3) is 6.71 Å². The monoisotopic (exact) mass is 835 g/mol. The number of anilines is 6. The molecule has 0 spiro atoms. The average Bonchev–Trinajstić information content (AvgIpc) is 3.68. The third-order valence-corrected chi connectivity index (χ3v) is 17.4. The second-order valence-corrected chi connectivity index (χ2v) is 25.4. The lowest BCUT2D eigenvalue weighted by atomic mass is 9.36. The van der Waals surface area contributed by atoms with E-state index in [1.54, 1.807) is 5.56 Å².